The SMILES string of the molecule is CC[C@@H]1CCCCN1S(=O)(=O)c1cc(C(=O)OC)n(C)c1C. The van der Waals surface area contributed by atoms with Crippen LogP contribution in [-0.2, 0) is 21.8 Å². The second kappa shape index (κ2) is 6.42. The Morgan fingerprint density at radius 2 is 2.09 bits per heavy atom. The molecule has 1 saturated heterocycles. The first-order valence-corrected chi connectivity index (χ1v) is 9.05. The lowest BCUT2D eigenvalue weighted by atomic mass is 10.0. The van der Waals surface area contributed by atoms with Crippen LogP contribution >= 0.6 is 0 Å². The van der Waals surface area contributed by atoms with Crippen LogP contribution in [0.1, 0.15) is 48.8 Å². The van der Waals surface area contributed by atoms with Gasteiger partial charge in [0.15, 0.2) is 0 Å². The predicted molar refractivity (Wildman–Crippen MR) is 83.3 cm³/mol. The minimum Gasteiger partial charge on any atom is -0.464 e. The fraction of sp³-hybridized carbons (Fsp3) is 0.667. The first-order valence-electron chi connectivity index (χ1n) is 7.61. The summed E-state index contributed by atoms with van der Waals surface area (Å²) in [6.45, 7) is 4.27. The highest BCUT2D eigenvalue weighted by atomic mass is 32.2. The number of rotatable bonds is 4. The van der Waals surface area contributed by atoms with Crippen molar-refractivity contribution in [2.24, 2.45) is 7.05 Å². The van der Waals surface area contributed by atoms with Gasteiger partial charge >= 0.3 is 5.97 Å². The normalized spacial score (nSPS) is 20.1. The average molecular weight is 328 g/mol. The van der Waals surface area contributed by atoms with Crippen molar-refractivity contribution in [3.63, 3.8) is 0 Å². The van der Waals surface area contributed by atoms with E-state index in [1.807, 2.05) is 6.92 Å². The van der Waals surface area contributed by atoms with E-state index < -0.39 is 16.0 Å². The first-order chi connectivity index (χ1) is 10.3. The molecule has 1 aliphatic heterocycles. The summed E-state index contributed by atoms with van der Waals surface area (Å²) in [6.07, 6.45) is 3.64. The molecule has 1 aliphatic rings. The van der Waals surface area contributed by atoms with Crippen molar-refractivity contribution in [3.05, 3.63) is 17.5 Å². The van der Waals surface area contributed by atoms with Gasteiger partial charge in [0.25, 0.3) is 0 Å². The van der Waals surface area contributed by atoms with Crippen molar-refractivity contribution in [2.75, 3.05) is 13.7 Å². The van der Waals surface area contributed by atoms with Crippen LogP contribution in [0.5, 0.6) is 0 Å². The summed E-state index contributed by atoms with van der Waals surface area (Å²) in [5, 5.41) is 0. The quantitative estimate of drug-likeness (QED) is 0.794. The highest BCUT2D eigenvalue weighted by molar-refractivity contribution is 7.89. The van der Waals surface area contributed by atoms with Gasteiger partial charge in [0.2, 0.25) is 10.0 Å². The summed E-state index contributed by atoms with van der Waals surface area (Å²) in [4.78, 5) is 12.0. The molecule has 1 aromatic rings. The number of ether oxygens (including phenoxy) is 1. The Labute approximate surface area is 132 Å². The number of hydrogen-bond donors (Lipinski definition) is 0. The van der Waals surface area contributed by atoms with Crippen LogP contribution in [0.2, 0.25) is 0 Å². The smallest absolute Gasteiger partial charge is 0.354 e. The number of carbonyl (C=O) groups excluding carboxylic acids is 1. The zero-order valence-electron chi connectivity index (χ0n) is 13.6. The van der Waals surface area contributed by atoms with Gasteiger partial charge in [-0.2, -0.15) is 4.31 Å². The van der Waals surface area contributed by atoms with Crippen molar-refractivity contribution < 1.29 is 17.9 Å². The standard InChI is InChI=1S/C15H24N2O4S/c1-5-12-8-6-7-9-17(12)22(19,20)14-10-13(15(18)21-4)16(3)11(14)2/h10,12H,5-9H2,1-4H3/t12-/m1/s1. The molecule has 0 bridgehead atoms. The molecule has 2 rings (SSSR count). The third-order valence-electron chi connectivity index (χ3n) is 4.51. The Morgan fingerprint density at radius 3 is 2.68 bits per heavy atom. The van der Waals surface area contributed by atoms with E-state index >= 15 is 0 Å². The van der Waals surface area contributed by atoms with Gasteiger partial charge in [0.05, 0.1) is 7.11 Å². The summed E-state index contributed by atoms with van der Waals surface area (Å²) in [6, 6.07) is 1.47. The van der Waals surface area contributed by atoms with E-state index in [1.165, 1.54) is 13.2 Å². The predicted octanol–water partition coefficient (Wildman–Crippen LogP) is 2.07. The zero-order chi connectivity index (χ0) is 16.5. The van der Waals surface area contributed by atoms with Gasteiger partial charge in [0.1, 0.15) is 10.6 Å². The van der Waals surface area contributed by atoms with E-state index in [0.717, 1.165) is 25.7 Å². The maximum atomic E-state index is 13.0. The molecular weight excluding hydrogens is 304 g/mol. The Bertz CT molecular complexity index is 663. The number of hydrogen-bond acceptors (Lipinski definition) is 4. The second-order valence-corrected chi connectivity index (χ2v) is 7.56. The highest BCUT2D eigenvalue weighted by Crippen LogP contribution is 2.30. The third-order valence-corrected chi connectivity index (χ3v) is 6.58. The number of esters is 1. The molecule has 1 atom stereocenters. The van der Waals surface area contributed by atoms with E-state index in [0.29, 0.717) is 12.2 Å². The molecule has 22 heavy (non-hydrogen) atoms. The van der Waals surface area contributed by atoms with Gasteiger partial charge < -0.3 is 9.30 Å². The van der Waals surface area contributed by atoms with Crippen LogP contribution in [0.15, 0.2) is 11.0 Å². The lowest BCUT2D eigenvalue weighted by Crippen LogP contribution is -2.43. The van der Waals surface area contributed by atoms with E-state index in [9.17, 15) is 13.2 Å². The molecule has 0 saturated carbocycles. The lowest BCUT2D eigenvalue weighted by molar-refractivity contribution is 0.0589. The fourth-order valence-corrected chi connectivity index (χ4v) is 5.10. The molecule has 0 spiro atoms. The van der Waals surface area contributed by atoms with Gasteiger partial charge in [-0.1, -0.05) is 13.3 Å². The Hall–Kier alpha value is -1.34. The molecule has 7 heteroatoms. The van der Waals surface area contributed by atoms with Crippen LogP contribution in [0, 0.1) is 6.92 Å². The number of aromatic nitrogens is 1. The summed E-state index contributed by atoms with van der Waals surface area (Å²) >= 11 is 0. The number of nitrogens with zero attached hydrogens (tertiary/aromatic N) is 2. The van der Waals surface area contributed by atoms with Crippen LogP contribution in [0.4, 0.5) is 0 Å². The van der Waals surface area contributed by atoms with Crippen molar-refractivity contribution in [1.29, 1.82) is 0 Å². The Morgan fingerprint density at radius 1 is 1.41 bits per heavy atom. The van der Waals surface area contributed by atoms with Crippen molar-refractivity contribution in [3.8, 4) is 0 Å². The minimum absolute atomic E-state index is 0.0416. The van der Waals surface area contributed by atoms with Crippen molar-refractivity contribution >= 4 is 16.0 Å². The molecule has 1 aromatic heterocycles. The highest BCUT2D eigenvalue weighted by Gasteiger charge is 2.35. The number of sulfonamides is 1. The van der Waals surface area contributed by atoms with Gasteiger partial charge in [-0.15, -0.1) is 0 Å². The van der Waals surface area contributed by atoms with E-state index in [4.69, 9.17) is 4.74 Å². The maximum absolute atomic E-state index is 13.0. The summed E-state index contributed by atoms with van der Waals surface area (Å²) in [5.41, 5.74) is 0.810. The maximum Gasteiger partial charge on any atom is 0.354 e. The molecule has 1 fully saturated rings. The monoisotopic (exact) mass is 328 g/mol. The van der Waals surface area contributed by atoms with Gasteiger partial charge in [-0.05, 0) is 32.3 Å². The molecule has 0 amide bonds. The van der Waals surface area contributed by atoms with E-state index in [1.54, 1.807) is 22.8 Å². The largest absolute Gasteiger partial charge is 0.464 e. The van der Waals surface area contributed by atoms with Crippen molar-refractivity contribution in [2.45, 2.75) is 50.5 Å². The fourth-order valence-electron chi connectivity index (χ4n) is 3.06. The molecule has 0 radical (unpaired) electrons. The van der Waals surface area contributed by atoms with Crippen molar-refractivity contribution in [1.82, 2.24) is 8.87 Å². The number of carbonyl (C=O) groups is 1. The molecule has 0 N–H and O–H groups in total. The molecule has 0 aromatic carbocycles. The number of methoxy groups -OCH3 is 1. The Balaban J connectivity index is 2.47. The van der Waals surface area contributed by atoms with Crippen LogP contribution in [0.3, 0.4) is 0 Å². The zero-order valence-corrected chi connectivity index (χ0v) is 14.4. The van der Waals surface area contributed by atoms with Gasteiger partial charge in [-0.25, -0.2) is 13.2 Å². The van der Waals surface area contributed by atoms with E-state index in [-0.39, 0.29) is 16.6 Å². The minimum atomic E-state index is -3.59. The molecule has 2 heterocycles. The lowest BCUT2D eigenvalue weighted by Gasteiger charge is -2.34. The molecule has 0 unspecified atom stereocenters. The summed E-state index contributed by atoms with van der Waals surface area (Å²) < 4.78 is 33.9. The Kier molecular flexibility index (Phi) is 4.97. The molecule has 6 nitrogen and oxygen atoms in total. The molecule has 124 valence electrons. The second-order valence-electron chi connectivity index (χ2n) is 5.70. The summed E-state index contributed by atoms with van der Waals surface area (Å²) in [7, 11) is -0.630. The van der Waals surface area contributed by atoms with Gasteiger partial charge in [-0.3, -0.25) is 0 Å². The topological polar surface area (TPSA) is 68.6 Å². The molecular formula is C15H24N2O4S. The third kappa shape index (κ3) is 2.79. The van der Waals surface area contributed by atoms with E-state index in [2.05, 4.69) is 0 Å². The average Bonchev–Trinajstić information content (AvgIpc) is 2.83. The summed E-state index contributed by atoms with van der Waals surface area (Å²) in [5.74, 6) is -0.530. The first kappa shape index (κ1) is 17.0. The van der Waals surface area contributed by atoms with Gasteiger partial charge in [0, 0.05) is 25.3 Å². The molecule has 0 aliphatic carbocycles. The van der Waals surface area contributed by atoms with Crippen LogP contribution < -0.4 is 0 Å². The number of piperidine rings is 1. The van der Waals surface area contributed by atoms with Crippen LogP contribution in [0.25, 0.3) is 0 Å². The van der Waals surface area contributed by atoms with Crippen LogP contribution in [-0.4, -0.2) is 43.0 Å².